The molecule has 0 aliphatic heterocycles. The summed E-state index contributed by atoms with van der Waals surface area (Å²) in [6, 6.07) is 5.86. The van der Waals surface area contributed by atoms with Crippen LogP contribution in [-0.4, -0.2) is 69.2 Å². The zero-order valence-electron chi connectivity index (χ0n) is 25.2. The van der Waals surface area contributed by atoms with Crippen molar-refractivity contribution in [3.05, 3.63) is 57.9 Å². The molecule has 7 aromatic heterocycles. The number of nitrogens with one attached hydrogen (secondary N) is 2. The SMILES string of the molecule is Cc1nn2nc(C)c(N=Nc3c(C#N)c(C)nn3-c3cc(-n4nc(C)c(C#N)c4N=Nc4c(C)nn5nc(C)[nH]c45)ncn3)c2[nH]1. The van der Waals surface area contributed by atoms with Crippen LogP contribution in [0.1, 0.15) is 45.6 Å². The van der Waals surface area contributed by atoms with Crippen molar-refractivity contribution in [3.8, 4) is 23.8 Å². The summed E-state index contributed by atoms with van der Waals surface area (Å²) in [6.45, 7) is 10.5. The summed E-state index contributed by atoms with van der Waals surface area (Å²) in [4.78, 5) is 15.0. The van der Waals surface area contributed by atoms with E-state index >= 15 is 0 Å². The van der Waals surface area contributed by atoms with Crippen LogP contribution in [0.25, 0.3) is 22.9 Å². The van der Waals surface area contributed by atoms with Gasteiger partial charge in [-0.25, -0.2) is 9.97 Å². The Kier molecular flexibility index (Phi) is 6.26. The fraction of sp³-hybridized carbons (Fsp3) is 0.231. The molecule has 0 radical (unpaired) electrons. The second-order valence-corrected chi connectivity index (χ2v) is 10.2. The number of aromatic amines is 2. The van der Waals surface area contributed by atoms with Crippen molar-refractivity contribution in [2.45, 2.75) is 41.5 Å². The van der Waals surface area contributed by atoms with Gasteiger partial charge in [0.25, 0.3) is 0 Å². The zero-order valence-corrected chi connectivity index (χ0v) is 25.2. The van der Waals surface area contributed by atoms with E-state index in [1.807, 2.05) is 0 Å². The third kappa shape index (κ3) is 4.36. The lowest BCUT2D eigenvalue weighted by atomic mass is 10.3. The van der Waals surface area contributed by atoms with Crippen LogP contribution < -0.4 is 0 Å². The monoisotopic (exact) mass is 614 g/mol. The maximum atomic E-state index is 9.95. The van der Waals surface area contributed by atoms with Crippen molar-refractivity contribution in [1.29, 1.82) is 10.5 Å². The first-order chi connectivity index (χ1) is 22.2. The van der Waals surface area contributed by atoms with Crippen LogP contribution in [0.2, 0.25) is 0 Å². The van der Waals surface area contributed by atoms with Gasteiger partial charge < -0.3 is 9.97 Å². The molecule has 0 saturated carbocycles. The molecule has 0 aliphatic carbocycles. The van der Waals surface area contributed by atoms with E-state index in [1.54, 1.807) is 47.6 Å². The summed E-state index contributed by atoms with van der Waals surface area (Å²) >= 11 is 0. The highest BCUT2D eigenvalue weighted by Gasteiger charge is 2.22. The Morgan fingerprint density at radius 1 is 0.587 bits per heavy atom. The van der Waals surface area contributed by atoms with Gasteiger partial charge in [-0.15, -0.1) is 39.9 Å². The highest BCUT2D eigenvalue weighted by molar-refractivity contribution is 5.67. The number of azo groups is 2. The molecular weight excluding hydrogens is 592 g/mol. The molecular formula is C26H22N20. The fourth-order valence-corrected chi connectivity index (χ4v) is 4.85. The number of fused-ring (bicyclic) bond motifs is 2. The highest BCUT2D eigenvalue weighted by Crippen LogP contribution is 2.32. The highest BCUT2D eigenvalue weighted by atomic mass is 15.5. The predicted octanol–water partition coefficient (Wildman–Crippen LogP) is 4.01. The van der Waals surface area contributed by atoms with Gasteiger partial charge in [0.1, 0.15) is 41.2 Å². The number of aromatic nitrogens is 14. The largest absolute Gasteiger partial charge is 0.324 e. The molecule has 0 aliphatic rings. The lowest BCUT2D eigenvalue weighted by Crippen LogP contribution is -2.05. The van der Waals surface area contributed by atoms with Crippen molar-refractivity contribution < 1.29 is 0 Å². The number of hydrogen-bond acceptors (Lipinski definition) is 14. The maximum absolute atomic E-state index is 9.95. The lowest BCUT2D eigenvalue weighted by molar-refractivity contribution is 0.788. The van der Waals surface area contributed by atoms with Crippen LogP contribution in [0.15, 0.2) is 32.9 Å². The molecule has 0 unspecified atom stereocenters. The number of aryl methyl sites for hydroxylation is 6. The van der Waals surface area contributed by atoms with Crippen LogP contribution in [0.4, 0.5) is 23.0 Å². The minimum Gasteiger partial charge on any atom is -0.324 e. The van der Waals surface area contributed by atoms with Gasteiger partial charge in [0.2, 0.25) is 0 Å². The van der Waals surface area contributed by atoms with E-state index in [-0.39, 0.29) is 34.4 Å². The summed E-state index contributed by atoms with van der Waals surface area (Å²) in [6.07, 6.45) is 1.30. The van der Waals surface area contributed by atoms with Gasteiger partial charge in [0, 0.05) is 6.07 Å². The van der Waals surface area contributed by atoms with Gasteiger partial charge in [0.05, 0.1) is 22.8 Å². The predicted molar refractivity (Wildman–Crippen MR) is 157 cm³/mol. The topological polar surface area (TPSA) is 250 Å². The van der Waals surface area contributed by atoms with Gasteiger partial charge in [-0.3, -0.25) is 0 Å². The Bertz CT molecular complexity index is 2300. The Morgan fingerprint density at radius 2 is 1.02 bits per heavy atom. The van der Waals surface area contributed by atoms with Crippen molar-refractivity contribution in [1.82, 2.24) is 69.2 Å². The number of hydrogen-bond donors (Lipinski definition) is 2. The van der Waals surface area contributed by atoms with Gasteiger partial charge >= 0.3 is 0 Å². The van der Waals surface area contributed by atoms with Gasteiger partial charge in [0.15, 0.2) is 45.9 Å². The normalized spacial score (nSPS) is 11.9. The molecule has 0 atom stereocenters. The van der Waals surface area contributed by atoms with Crippen LogP contribution >= 0.6 is 0 Å². The molecule has 7 rings (SSSR count). The second-order valence-electron chi connectivity index (χ2n) is 10.2. The van der Waals surface area contributed by atoms with Crippen LogP contribution in [0, 0.1) is 64.2 Å². The van der Waals surface area contributed by atoms with E-state index in [2.05, 4.69) is 83.1 Å². The lowest BCUT2D eigenvalue weighted by Gasteiger charge is -2.06. The third-order valence-corrected chi connectivity index (χ3v) is 6.97. The molecule has 7 heterocycles. The molecule has 0 aromatic carbocycles. The van der Waals surface area contributed by atoms with Gasteiger partial charge in [-0.05, 0) is 41.5 Å². The molecule has 0 fully saturated rings. The van der Waals surface area contributed by atoms with Crippen molar-refractivity contribution in [2.75, 3.05) is 0 Å². The van der Waals surface area contributed by atoms with Crippen LogP contribution in [-0.2, 0) is 0 Å². The average molecular weight is 615 g/mol. The first-order valence-corrected chi connectivity index (χ1v) is 13.7. The summed E-state index contributed by atoms with van der Waals surface area (Å²) in [5.41, 5.74) is 4.46. The average Bonchev–Trinajstić information content (AvgIpc) is 3.83. The Balaban J connectivity index is 1.32. The summed E-state index contributed by atoms with van der Waals surface area (Å²) in [5, 5.41) is 63.8. The Labute approximate surface area is 257 Å². The van der Waals surface area contributed by atoms with Gasteiger partial charge in [-0.1, -0.05) is 0 Å². The molecule has 20 heteroatoms. The molecule has 0 bridgehead atoms. The minimum atomic E-state index is 0.143. The molecule has 7 aromatic rings. The molecule has 2 N–H and O–H groups in total. The fourth-order valence-electron chi connectivity index (χ4n) is 4.85. The second kappa shape index (κ2) is 10.3. The van der Waals surface area contributed by atoms with Crippen LogP contribution in [0.3, 0.4) is 0 Å². The standard InChI is InChI=1S/C26H22N20/c1-11-17(8-27)23(35-33-21-13(3)39-45-25(21)31-15(5)41-45)43(37-11)19-7-20(30-10-29-19)44-24(18(9-28)12(2)38-44)36-34-22-14(4)40-46-26(22)32-16(6)42-46/h7,10H,1-6H3,(H,31,41)(H,32,42). The summed E-state index contributed by atoms with van der Waals surface area (Å²) in [5.74, 6) is 2.12. The first kappa shape index (κ1) is 27.8. The Hall–Kier alpha value is -6.96. The summed E-state index contributed by atoms with van der Waals surface area (Å²) < 4.78 is 5.64. The maximum Gasteiger partial charge on any atom is 0.197 e. The molecule has 46 heavy (non-hydrogen) atoms. The zero-order chi connectivity index (χ0) is 32.3. The molecule has 20 nitrogen and oxygen atoms in total. The Morgan fingerprint density at radius 3 is 1.43 bits per heavy atom. The number of nitriles is 2. The smallest absolute Gasteiger partial charge is 0.197 e. The van der Waals surface area contributed by atoms with E-state index in [0.29, 0.717) is 57.1 Å². The van der Waals surface area contributed by atoms with Crippen LogP contribution in [0.5, 0.6) is 0 Å². The van der Waals surface area contributed by atoms with Crippen molar-refractivity contribution >= 4 is 34.3 Å². The number of rotatable bonds is 6. The minimum absolute atomic E-state index is 0.143. The van der Waals surface area contributed by atoms with E-state index < -0.39 is 0 Å². The first-order valence-electron chi connectivity index (χ1n) is 13.7. The van der Waals surface area contributed by atoms with E-state index in [1.165, 1.54) is 25.0 Å². The van der Waals surface area contributed by atoms with Crippen molar-refractivity contribution in [3.63, 3.8) is 0 Å². The molecule has 226 valence electrons. The number of H-pyrrole nitrogens is 2. The van der Waals surface area contributed by atoms with E-state index in [9.17, 15) is 10.5 Å². The van der Waals surface area contributed by atoms with Crippen molar-refractivity contribution in [2.24, 2.45) is 20.5 Å². The quantitative estimate of drug-likeness (QED) is 0.254. The molecule has 0 saturated heterocycles. The number of nitrogens with zero attached hydrogens (tertiary/aromatic N) is 18. The molecule has 0 spiro atoms. The third-order valence-electron chi connectivity index (χ3n) is 6.97. The van der Waals surface area contributed by atoms with Gasteiger partial charge in [-0.2, -0.15) is 40.3 Å². The molecule has 0 amide bonds. The van der Waals surface area contributed by atoms with E-state index in [4.69, 9.17) is 0 Å². The van der Waals surface area contributed by atoms with E-state index in [0.717, 1.165) is 0 Å². The summed E-state index contributed by atoms with van der Waals surface area (Å²) in [7, 11) is 0.